The number of nitrogens with zero attached hydrogens (tertiary/aromatic N) is 1. The molecule has 0 unspecified atom stereocenters. The van der Waals surface area contributed by atoms with Gasteiger partial charge in [0.05, 0.1) is 0 Å². The van der Waals surface area contributed by atoms with Crippen molar-refractivity contribution >= 4 is 11.4 Å². The normalized spacial score (nSPS) is 12.6. The van der Waals surface area contributed by atoms with Gasteiger partial charge in [0, 0.05) is 11.4 Å². The Balaban J connectivity index is 2.45. The van der Waals surface area contributed by atoms with E-state index in [4.69, 9.17) is 0 Å². The number of para-hydroxylation sites is 2. The van der Waals surface area contributed by atoms with Crippen LogP contribution in [0.3, 0.4) is 0 Å². The highest BCUT2D eigenvalue weighted by molar-refractivity contribution is 5.68. The van der Waals surface area contributed by atoms with Crippen LogP contribution in [-0.2, 0) is 5.54 Å². The summed E-state index contributed by atoms with van der Waals surface area (Å²) < 4.78 is 86.5. The molecule has 0 aromatic heterocycles. The van der Waals surface area contributed by atoms with Crippen LogP contribution in [0, 0.1) is 0 Å². The summed E-state index contributed by atoms with van der Waals surface area (Å²) in [5.74, 6) is 0. The van der Waals surface area contributed by atoms with Crippen LogP contribution in [0.1, 0.15) is 5.56 Å². The van der Waals surface area contributed by atoms with E-state index in [0.29, 0.717) is 4.90 Å². The van der Waals surface area contributed by atoms with E-state index in [0.717, 1.165) is 24.3 Å². The van der Waals surface area contributed by atoms with Gasteiger partial charge in [-0.05, 0) is 29.8 Å². The van der Waals surface area contributed by atoms with Crippen molar-refractivity contribution in [3.8, 4) is 0 Å². The van der Waals surface area contributed by atoms with Crippen LogP contribution in [0.15, 0.2) is 91.0 Å². The van der Waals surface area contributed by atoms with Crippen molar-refractivity contribution in [2.45, 2.75) is 17.9 Å². The van der Waals surface area contributed by atoms with E-state index in [1.807, 2.05) is 0 Å². The number of benzene rings is 3. The average molecular weight is 395 g/mol. The monoisotopic (exact) mass is 395 g/mol. The van der Waals surface area contributed by atoms with Gasteiger partial charge in [-0.3, -0.25) is 0 Å². The Morgan fingerprint density at radius 2 is 0.786 bits per heavy atom. The maximum absolute atomic E-state index is 14.4. The molecular formula is C21H15F6N. The summed E-state index contributed by atoms with van der Waals surface area (Å²) in [5.41, 5.74) is -5.65. The molecular weight excluding hydrogens is 380 g/mol. The predicted octanol–water partition coefficient (Wildman–Crippen LogP) is 6.84. The second-order valence-electron chi connectivity index (χ2n) is 6.08. The van der Waals surface area contributed by atoms with Gasteiger partial charge >= 0.3 is 12.4 Å². The van der Waals surface area contributed by atoms with Crippen LogP contribution < -0.4 is 4.90 Å². The molecule has 7 heteroatoms. The lowest BCUT2D eigenvalue weighted by atomic mass is 9.85. The van der Waals surface area contributed by atoms with Gasteiger partial charge in [-0.25, -0.2) is 0 Å². The molecule has 0 aliphatic heterocycles. The van der Waals surface area contributed by atoms with E-state index in [1.54, 1.807) is 0 Å². The summed E-state index contributed by atoms with van der Waals surface area (Å²) in [6.07, 6.45) is -11.3. The number of rotatable bonds is 4. The summed E-state index contributed by atoms with van der Waals surface area (Å²) in [4.78, 5) is 0.308. The van der Waals surface area contributed by atoms with Gasteiger partial charge in [0.2, 0.25) is 0 Å². The van der Waals surface area contributed by atoms with Crippen LogP contribution in [-0.4, -0.2) is 12.4 Å². The Kier molecular flexibility index (Phi) is 5.10. The third-order valence-corrected chi connectivity index (χ3v) is 4.38. The average Bonchev–Trinajstić information content (AvgIpc) is 2.66. The highest BCUT2D eigenvalue weighted by atomic mass is 19.4. The minimum atomic E-state index is -5.67. The zero-order chi connectivity index (χ0) is 20.4. The maximum atomic E-state index is 14.4. The molecule has 0 saturated carbocycles. The van der Waals surface area contributed by atoms with Gasteiger partial charge in [0.15, 0.2) is 0 Å². The van der Waals surface area contributed by atoms with E-state index in [-0.39, 0.29) is 11.4 Å². The fourth-order valence-electron chi connectivity index (χ4n) is 3.24. The molecule has 0 bridgehead atoms. The molecule has 0 radical (unpaired) electrons. The molecule has 0 aliphatic carbocycles. The highest BCUT2D eigenvalue weighted by Crippen LogP contribution is 2.57. The second kappa shape index (κ2) is 7.22. The van der Waals surface area contributed by atoms with Crippen molar-refractivity contribution in [1.29, 1.82) is 0 Å². The van der Waals surface area contributed by atoms with E-state index in [2.05, 4.69) is 0 Å². The van der Waals surface area contributed by atoms with E-state index >= 15 is 0 Å². The third kappa shape index (κ3) is 3.21. The largest absolute Gasteiger partial charge is 0.425 e. The van der Waals surface area contributed by atoms with Crippen molar-refractivity contribution in [3.05, 3.63) is 96.6 Å². The van der Waals surface area contributed by atoms with Gasteiger partial charge in [-0.1, -0.05) is 66.7 Å². The Labute approximate surface area is 157 Å². The van der Waals surface area contributed by atoms with Crippen molar-refractivity contribution in [2.24, 2.45) is 0 Å². The van der Waals surface area contributed by atoms with Gasteiger partial charge < -0.3 is 4.90 Å². The Morgan fingerprint density at radius 3 is 1.11 bits per heavy atom. The van der Waals surface area contributed by atoms with Crippen LogP contribution in [0.5, 0.6) is 0 Å². The molecule has 0 atom stereocenters. The Morgan fingerprint density at radius 1 is 0.464 bits per heavy atom. The lowest BCUT2D eigenvalue weighted by Crippen LogP contribution is -2.63. The Hall–Kier alpha value is -2.96. The van der Waals surface area contributed by atoms with Crippen molar-refractivity contribution in [1.82, 2.24) is 0 Å². The minimum Gasteiger partial charge on any atom is -0.315 e. The number of hydrogen-bond donors (Lipinski definition) is 0. The molecule has 3 aromatic rings. The molecule has 0 spiro atoms. The molecule has 3 aromatic carbocycles. The van der Waals surface area contributed by atoms with Gasteiger partial charge in [-0.15, -0.1) is 0 Å². The Bertz CT molecular complexity index is 835. The molecule has 28 heavy (non-hydrogen) atoms. The van der Waals surface area contributed by atoms with E-state index < -0.39 is 23.5 Å². The predicted molar refractivity (Wildman–Crippen MR) is 95.3 cm³/mol. The fourth-order valence-corrected chi connectivity index (χ4v) is 3.24. The van der Waals surface area contributed by atoms with Crippen LogP contribution in [0.4, 0.5) is 37.7 Å². The number of hydrogen-bond acceptors (Lipinski definition) is 1. The quantitative estimate of drug-likeness (QED) is 0.437. The highest BCUT2D eigenvalue weighted by Gasteiger charge is 2.75. The fraction of sp³-hybridized carbons (Fsp3) is 0.143. The molecule has 0 aliphatic rings. The van der Waals surface area contributed by atoms with Crippen molar-refractivity contribution in [3.63, 3.8) is 0 Å². The zero-order valence-electron chi connectivity index (χ0n) is 14.4. The second-order valence-corrected chi connectivity index (χ2v) is 6.08. The first kappa shape index (κ1) is 19.8. The van der Waals surface area contributed by atoms with Gasteiger partial charge in [0.1, 0.15) is 0 Å². The minimum absolute atomic E-state index is 0.229. The molecule has 0 amide bonds. The maximum Gasteiger partial charge on any atom is 0.425 e. The van der Waals surface area contributed by atoms with E-state index in [9.17, 15) is 26.3 Å². The lowest BCUT2D eigenvalue weighted by Gasteiger charge is -2.47. The summed E-state index contributed by atoms with van der Waals surface area (Å²) in [7, 11) is 0. The van der Waals surface area contributed by atoms with Gasteiger partial charge in [-0.2, -0.15) is 26.3 Å². The third-order valence-electron chi connectivity index (χ3n) is 4.38. The number of alkyl halides is 6. The zero-order valence-corrected chi connectivity index (χ0v) is 14.4. The summed E-state index contributed by atoms with van der Waals surface area (Å²) >= 11 is 0. The molecule has 0 fully saturated rings. The van der Waals surface area contributed by atoms with Gasteiger partial charge in [0.25, 0.3) is 5.54 Å². The summed E-state index contributed by atoms with van der Waals surface area (Å²) in [5, 5.41) is 0. The van der Waals surface area contributed by atoms with E-state index in [1.165, 1.54) is 66.7 Å². The first-order valence-electron chi connectivity index (χ1n) is 8.29. The first-order chi connectivity index (χ1) is 13.2. The smallest absolute Gasteiger partial charge is 0.315 e. The van der Waals surface area contributed by atoms with Crippen molar-refractivity contribution in [2.75, 3.05) is 4.90 Å². The van der Waals surface area contributed by atoms with Crippen LogP contribution in [0.2, 0.25) is 0 Å². The molecule has 0 N–H and O–H groups in total. The molecule has 3 rings (SSSR count). The first-order valence-corrected chi connectivity index (χ1v) is 8.29. The summed E-state index contributed by atoms with van der Waals surface area (Å²) in [6.45, 7) is 0. The molecule has 146 valence electrons. The van der Waals surface area contributed by atoms with Crippen molar-refractivity contribution < 1.29 is 26.3 Å². The molecule has 1 nitrogen and oxygen atoms in total. The lowest BCUT2D eigenvalue weighted by molar-refractivity contribution is -0.300. The molecule has 0 saturated heterocycles. The standard InChI is InChI=1S/C21H15F6N/c22-20(23,24)19(21(25,26)27,16-10-4-1-5-11-16)28(17-12-6-2-7-13-17)18-14-8-3-9-15-18/h1-15H. The topological polar surface area (TPSA) is 3.24 Å². The number of halogens is 6. The van der Waals surface area contributed by atoms with Crippen LogP contribution in [0.25, 0.3) is 0 Å². The van der Waals surface area contributed by atoms with Crippen LogP contribution >= 0.6 is 0 Å². The number of anilines is 2. The molecule has 0 heterocycles. The summed E-state index contributed by atoms with van der Waals surface area (Å²) in [6, 6.07) is 18.9. The SMILES string of the molecule is FC(F)(F)C(c1ccccc1)(N(c1ccccc1)c1ccccc1)C(F)(F)F.